The highest BCUT2D eigenvalue weighted by atomic mass is 16.6. The summed E-state index contributed by atoms with van der Waals surface area (Å²) in [6.07, 6.45) is 0.897. The van der Waals surface area contributed by atoms with Gasteiger partial charge in [0.2, 0.25) is 0 Å². The molecule has 1 fully saturated rings. The lowest BCUT2D eigenvalue weighted by molar-refractivity contribution is 0.103. The topological polar surface area (TPSA) is 29.5 Å². The van der Waals surface area contributed by atoms with Gasteiger partial charge in [-0.15, -0.1) is 0 Å². The number of likely N-dealkylation sites (tertiary alicyclic amines) is 1. The minimum atomic E-state index is -0.187. The van der Waals surface area contributed by atoms with Crippen LogP contribution in [-0.2, 0) is 11.3 Å². The van der Waals surface area contributed by atoms with Crippen molar-refractivity contribution < 1.29 is 9.53 Å². The molecule has 0 saturated carbocycles. The fraction of sp³-hybridized carbons (Fsp3) is 0.462. The van der Waals surface area contributed by atoms with Crippen LogP contribution in [0, 0.1) is 5.92 Å². The largest absolute Gasteiger partial charge is 0.445 e. The van der Waals surface area contributed by atoms with Crippen molar-refractivity contribution in [2.24, 2.45) is 5.92 Å². The molecule has 1 aliphatic heterocycles. The maximum atomic E-state index is 11.7. The van der Waals surface area contributed by atoms with Crippen LogP contribution in [0.2, 0.25) is 0 Å². The molecule has 1 aromatic rings. The van der Waals surface area contributed by atoms with E-state index in [4.69, 9.17) is 4.74 Å². The van der Waals surface area contributed by atoms with Gasteiger partial charge < -0.3 is 9.64 Å². The van der Waals surface area contributed by atoms with Crippen molar-refractivity contribution in [3.05, 3.63) is 35.9 Å². The normalized spacial score (nSPS) is 19.8. The highest BCUT2D eigenvalue weighted by Crippen LogP contribution is 2.16. The number of hydrogen-bond donors (Lipinski definition) is 0. The molecule has 1 heterocycles. The minimum absolute atomic E-state index is 0.187. The predicted molar refractivity (Wildman–Crippen MR) is 62.0 cm³/mol. The van der Waals surface area contributed by atoms with E-state index < -0.39 is 0 Å². The Hall–Kier alpha value is -1.51. The second-order valence-electron chi connectivity index (χ2n) is 4.38. The summed E-state index contributed by atoms with van der Waals surface area (Å²) in [6.45, 7) is 4.18. The molecule has 16 heavy (non-hydrogen) atoms. The molecule has 1 aromatic carbocycles. The first-order valence-corrected chi connectivity index (χ1v) is 5.71. The summed E-state index contributed by atoms with van der Waals surface area (Å²) < 4.78 is 5.25. The summed E-state index contributed by atoms with van der Waals surface area (Å²) in [5.74, 6) is 0.601. The van der Waals surface area contributed by atoms with Crippen molar-refractivity contribution in [2.45, 2.75) is 20.0 Å². The van der Waals surface area contributed by atoms with Crippen molar-refractivity contribution in [1.29, 1.82) is 0 Å². The Morgan fingerprint density at radius 3 is 2.81 bits per heavy atom. The lowest BCUT2D eigenvalue weighted by Crippen LogP contribution is -2.28. The molecule has 0 unspecified atom stereocenters. The molecular weight excluding hydrogens is 202 g/mol. The summed E-state index contributed by atoms with van der Waals surface area (Å²) in [5, 5.41) is 0. The Morgan fingerprint density at radius 1 is 1.44 bits per heavy atom. The van der Waals surface area contributed by atoms with Crippen molar-refractivity contribution in [3.8, 4) is 0 Å². The average Bonchev–Trinajstić information content (AvgIpc) is 2.74. The average molecular weight is 219 g/mol. The molecule has 0 bridgehead atoms. The first-order chi connectivity index (χ1) is 7.75. The first kappa shape index (κ1) is 11.0. The zero-order valence-corrected chi connectivity index (χ0v) is 9.56. The second kappa shape index (κ2) is 5.01. The van der Waals surface area contributed by atoms with E-state index in [0.29, 0.717) is 12.5 Å². The molecule has 0 spiro atoms. The molecule has 3 nitrogen and oxygen atoms in total. The lowest BCUT2D eigenvalue weighted by Gasteiger charge is -2.15. The lowest BCUT2D eigenvalue weighted by atomic mass is 10.2. The third-order valence-corrected chi connectivity index (χ3v) is 2.89. The molecular formula is C13H17NO2. The molecule has 0 aliphatic carbocycles. The molecule has 0 N–H and O–H groups in total. The Bertz CT molecular complexity index is 350. The van der Waals surface area contributed by atoms with Crippen LogP contribution < -0.4 is 0 Å². The van der Waals surface area contributed by atoms with Crippen LogP contribution in [-0.4, -0.2) is 24.1 Å². The van der Waals surface area contributed by atoms with Crippen LogP contribution in [0.15, 0.2) is 30.3 Å². The summed E-state index contributed by atoms with van der Waals surface area (Å²) >= 11 is 0. The molecule has 1 atom stereocenters. The summed E-state index contributed by atoms with van der Waals surface area (Å²) in [5.41, 5.74) is 1.03. The van der Waals surface area contributed by atoms with Crippen LogP contribution in [0.5, 0.6) is 0 Å². The Labute approximate surface area is 96.0 Å². The maximum Gasteiger partial charge on any atom is 0.410 e. The van der Waals surface area contributed by atoms with Gasteiger partial charge in [0.1, 0.15) is 6.61 Å². The predicted octanol–water partition coefficient (Wildman–Crippen LogP) is 2.67. The van der Waals surface area contributed by atoms with Gasteiger partial charge in [-0.1, -0.05) is 37.3 Å². The zero-order valence-electron chi connectivity index (χ0n) is 9.56. The van der Waals surface area contributed by atoms with E-state index in [2.05, 4.69) is 6.92 Å². The minimum Gasteiger partial charge on any atom is -0.445 e. The molecule has 0 radical (unpaired) electrons. The van der Waals surface area contributed by atoms with Gasteiger partial charge in [-0.3, -0.25) is 0 Å². The summed E-state index contributed by atoms with van der Waals surface area (Å²) in [6, 6.07) is 9.76. The highest BCUT2D eigenvalue weighted by Gasteiger charge is 2.24. The van der Waals surface area contributed by atoms with Crippen molar-refractivity contribution in [1.82, 2.24) is 4.90 Å². The number of benzene rings is 1. The van der Waals surface area contributed by atoms with Crippen molar-refractivity contribution >= 4 is 6.09 Å². The van der Waals surface area contributed by atoms with E-state index in [1.807, 2.05) is 30.3 Å². The van der Waals surface area contributed by atoms with E-state index in [-0.39, 0.29) is 6.09 Å². The Kier molecular flexibility index (Phi) is 3.44. The van der Waals surface area contributed by atoms with Crippen LogP contribution in [0.1, 0.15) is 18.9 Å². The first-order valence-electron chi connectivity index (χ1n) is 5.71. The SMILES string of the molecule is C[C@@H]1CCN(C(=O)OCc2ccccc2)C1. The van der Waals surface area contributed by atoms with E-state index in [0.717, 1.165) is 25.1 Å². The maximum absolute atomic E-state index is 11.7. The summed E-state index contributed by atoms with van der Waals surface area (Å²) in [4.78, 5) is 13.5. The van der Waals surface area contributed by atoms with Crippen molar-refractivity contribution in [2.75, 3.05) is 13.1 Å². The van der Waals surface area contributed by atoms with Gasteiger partial charge >= 0.3 is 6.09 Å². The number of amides is 1. The van der Waals surface area contributed by atoms with Gasteiger partial charge in [0, 0.05) is 13.1 Å². The smallest absolute Gasteiger partial charge is 0.410 e. The summed E-state index contributed by atoms with van der Waals surface area (Å²) in [7, 11) is 0. The Balaban J connectivity index is 1.80. The third kappa shape index (κ3) is 2.75. The monoisotopic (exact) mass is 219 g/mol. The second-order valence-corrected chi connectivity index (χ2v) is 4.38. The van der Waals surface area contributed by atoms with Gasteiger partial charge in [0.15, 0.2) is 0 Å². The van der Waals surface area contributed by atoms with Gasteiger partial charge in [0.05, 0.1) is 0 Å². The van der Waals surface area contributed by atoms with E-state index in [9.17, 15) is 4.79 Å². The number of hydrogen-bond acceptors (Lipinski definition) is 2. The van der Waals surface area contributed by atoms with Crippen molar-refractivity contribution in [3.63, 3.8) is 0 Å². The molecule has 1 aliphatic rings. The van der Waals surface area contributed by atoms with Gasteiger partial charge in [-0.25, -0.2) is 4.79 Å². The molecule has 1 saturated heterocycles. The van der Waals surface area contributed by atoms with Gasteiger partial charge in [-0.2, -0.15) is 0 Å². The molecule has 1 amide bonds. The van der Waals surface area contributed by atoms with Crippen LogP contribution in [0.4, 0.5) is 4.79 Å². The molecule has 3 heteroatoms. The highest BCUT2D eigenvalue weighted by molar-refractivity contribution is 5.67. The molecule has 86 valence electrons. The fourth-order valence-electron chi connectivity index (χ4n) is 1.91. The fourth-order valence-corrected chi connectivity index (χ4v) is 1.91. The molecule has 0 aromatic heterocycles. The third-order valence-electron chi connectivity index (χ3n) is 2.89. The van der Waals surface area contributed by atoms with Gasteiger partial charge in [-0.05, 0) is 17.9 Å². The number of carbonyl (C=O) groups is 1. The number of rotatable bonds is 2. The zero-order chi connectivity index (χ0) is 11.4. The number of nitrogens with zero attached hydrogens (tertiary/aromatic N) is 1. The van der Waals surface area contributed by atoms with E-state index in [1.165, 1.54) is 0 Å². The Morgan fingerprint density at radius 2 is 2.19 bits per heavy atom. The standard InChI is InChI=1S/C13H17NO2/c1-11-7-8-14(9-11)13(15)16-10-12-5-3-2-4-6-12/h2-6,11H,7-10H2,1H3/t11-/m1/s1. The quantitative estimate of drug-likeness (QED) is 0.765. The molecule has 2 rings (SSSR count). The van der Waals surface area contributed by atoms with Crippen LogP contribution >= 0.6 is 0 Å². The van der Waals surface area contributed by atoms with E-state index in [1.54, 1.807) is 4.90 Å². The van der Waals surface area contributed by atoms with Gasteiger partial charge in [0.25, 0.3) is 0 Å². The number of carbonyl (C=O) groups excluding carboxylic acids is 1. The van der Waals surface area contributed by atoms with Crippen LogP contribution in [0.25, 0.3) is 0 Å². The van der Waals surface area contributed by atoms with E-state index >= 15 is 0 Å². The number of ether oxygens (including phenoxy) is 1. The van der Waals surface area contributed by atoms with Crippen LogP contribution in [0.3, 0.4) is 0 Å².